The summed E-state index contributed by atoms with van der Waals surface area (Å²) in [4.78, 5) is 2.53. The van der Waals surface area contributed by atoms with Crippen LogP contribution in [0, 0.1) is 0 Å². The summed E-state index contributed by atoms with van der Waals surface area (Å²) in [5, 5.41) is 13.3. The van der Waals surface area contributed by atoms with E-state index in [1.54, 1.807) is 6.07 Å². The van der Waals surface area contributed by atoms with Crippen LogP contribution in [0.5, 0.6) is 5.75 Å². The largest absolute Gasteiger partial charge is 0.506 e. The van der Waals surface area contributed by atoms with Gasteiger partial charge >= 0.3 is 0 Å². The quantitative estimate of drug-likeness (QED) is 0.769. The van der Waals surface area contributed by atoms with E-state index in [1.807, 2.05) is 18.2 Å². The average Bonchev–Trinajstić information content (AvgIpc) is 2.55. The number of fused-ring (bicyclic) bond motifs is 2. The molecule has 0 saturated carbocycles. The third-order valence-electron chi connectivity index (χ3n) is 4.36. The van der Waals surface area contributed by atoms with E-state index in [0.717, 1.165) is 17.8 Å². The zero-order chi connectivity index (χ0) is 11.8. The molecule has 3 atom stereocenters. The Labute approximate surface area is 102 Å². The van der Waals surface area contributed by atoms with E-state index in [2.05, 4.69) is 17.3 Å². The lowest BCUT2D eigenvalue weighted by Crippen LogP contribution is -2.44. The van der Waals surface area contributed by atoms with E-state index in [0.29, 0.717) is 11.8 Å². The van der Waals surface area contributed by atoms with Crippen LogP contribution in [0.4, 0.5) is 5.69 Å². The molecule has 3 heteroatoms. The predicted molar refractivity (Wildman–Crippen MR) is 69.3 cm³/mol. The molecule has 2 bridgehead atoms. The van der Waals surface area contributed by atoms with Gasteiger partial charge in [-0.05, 0) is 44.9 Å². The van der Waals surface area contributed by atoms with Gasteiger partial charge in [-0.3, -0.25) is 0 Å². The van der Waals surface area contributed by atoms with Crippen molar-refractivity contribution in [3.63, 3.8) is 0 Å². The molecule has 17 heavy (non-hydrogen) atoms. The molecule has 3 nitrogen and oxygen atoms in total. The maximum Gasteiger partial charge on any atom is 0.138 e. The van der Waals surface area contributed by atoms with Gasteiger partial charge in [0.05, 0.1) is 5.69 Å². The number of phenols is 1. The second-order valence-corrected chi connectivity index (χ2v) is 5.38. The van der Waals surface area contributed by atoms with Crippen molar-refractivity contribution in [2.45, 2.75) is 43.8 Å². The molecule has 0 aromatic heterocycles. The topological polar surface area (TPSA) is 35.5 Å². The smallest absolute Gasteiger partial charge is 0.138 e. The fraction of sp³-hybridized carbons (Fsp3) is 0.571. The molecule has 0 spiro atoms. The highest BCUT2D eigenvalue weighted by atomic mass is 16.3. The lowest BCUT2D eigenvalue weighted by atomic mass is 9.97. The molecule has 0 aliphatic carbocycles. The predicted octanol–water partition coefficient (Wildman–Crippen LogP) is 2.43. The lowest BCUT2D eigenvalue weighted by molar-refractivity contribution is 0.169. The molecule has 0 amide bonds. The van der Waals surface area contributed by atoms with Crippen LogP contribution in [0.25, 0.3) is 0 Å². The molecule has 3 rings (SSSR count). The maximum absolute atomic E-state index is 9.77. The Bertz CT molecular complexity index is 393. The summed E-state index contributed by atoms with van der Waals surface area (Å²) in [6, 6.07) is 9.50. The highest BCUT2D eigenvalue weighted by Crippen LogP contribution is 2.36. The second-order valence-electron chi connectivity index (χ2n) is 5.38. The summed E-state index contributed by atoms with van der Waals surface area (Å²) in [6.45, 7) is 0. The molecule has 2 aliphatic rings. The first-order valence-corrected chi connectivity index (χ1v) is 6.50. The number of para-hydroxylation sites is 2. The first-order valence-electron chi connectivity index (χ1n) is 6.50. The van der Waals surface area contributed by atoms with E-state index < -0.39 is 0 Å². The minimum Gasteiger partial charge on any atom is -0.506 e. The zero-order valence-corrected chi connectivity index (χ0v) is 10.3. The molecule has 2 heterocycles. The molecule has 92 valence electrons. The van der Waals surface area contributed by atoms with Crippen molar-refractivity contribution in [2.24, 2.45) is 0 Å². The van der Waals surface area contributed by atoms with Crippen molar-refractivity contribution in [2.75, 3.05) is 12.4 Å². The minimum atomic E-state index is 0.360. The maximum atomic E-state index is 9.77. The van der Waals surface area contributed by atoms with E-state index in [9.17, 15) is 5.11 Å². The van der Waals surface area contributed by atoms with Crippen LogP contribution in [0.1, 0.15) is 25.7 Å². The third-order valence-corrected chi connectivity index (χ3v) is 4.36. The normalized spacial score (nSPS) is 32.6. The van der Waals surface area contributed by atoms with Gasteiger partial charge < -0.3 is 15.3 Å². The summed E-state index contributed by atoms with van der Waals surface area (Å²) in [5.74, 6) is 0.360. The summed E-state index contributed by atoms with van der Waals surface area (Å²) in [5.41, 5.74) is 0.876. The Kier molecular flexibility index (Phi) is 2.71. The number of nitrogens with one attached hydrogen (secondary N) is 1. The van der Waals surface area contributed by atoms with Crippen LogP contribution in [-0.2, 0) is 0 Å². The first kappa shape index (κ1) is 10.9. The number of benzene rings is 1. The number of piperidine rings is 1. The van der Waals surface area contributed by atoms with Crippen LogP contribution >= 0.6 is 0 Å². The molecule has 2 aliphatic heterocycles. The molecule has 2 N–H and O–H groups in total. The molecule has 1 aromatic rings. The zero-order valence-electron chi connectivity index (χ0n) is 10.3. The van der Waals surface area contributed by atoms with Crippen LogP contribution in [0.2, 0.25) is 0 Å². The molecule has 2 saturated heterocycles. The fourth-order valence-electron chi connectivity index (χ4n) is 3.34. The molecule has 0 radical (unpaired) electrons. The standard InChI is InChI=1S/C14H20N2O/c1-16-11-6-7-12(16)9-10(8-11)15-13-4-2-3-5-14(13)17/h2-5,10-12,15,17H,6-9H2,1H3/t10-,11-,12+. The SMILES string of the molecule is CN1[C@@H]2CC[C@H]1C[C@H](Nc1ccccc1O)C2. The van der Waals surface area contributed by atoms with Gasteiger partial charge in [0.1, 0.15) is 5.75 Å². The van der Waals surface area contributed by atoms with Crippen molar-refractivity contribution in [1.82, 2.24) is 4.90 Å². The van der Waals surface area contributed by atoms with Gasteiger partial charge in [-0.25, -0.2) is 0 Å². The van der Waals surface area contributed by atoms with Crippen LogP contribution in [0.3, 0.4) is 0 Å². The van der Waals surface area contributed by atoms with E-state index in [-0.39, 0.29) is 0 Å². The van der Waals surface area contributed by atoms with E-state index in [4.69, 9.17) is 0 Å². The third kappa shape index (κ3) is 2.00. The molecular weight excluding hydrogens is 212 g/mol. The molecule has 0 unspecified atom stereocenters. The minimum absolute atomic E-state index is 0.360. The van der Waals surface area contributed by atoms with Crippen LogP contribution < -0.4 is 5.32 Å². The van der Waals surface area contributed by atoms with Gasteiger partial charge in [0.25, 0.3) is 0 Å². The van der Waals surface area contributed by atoms with E-state index >= 15 is 0 Å². The Morgan fingerprint density at radius 2 is 1.82 bits per heavy atom. The fourth-order valence-corrected chi connectivity index (χ4v) is 3.34. The highest BCUT2D eigenvalue weighted by molar-refractivity contribution is 5.55. The van der Waals surface area contributed by atoms with Crippen LogP contribution in [-0.4, -0.2) is 35.2 Å². The van der Waals surface area contributed by atoms with Gasteiger partial charge in [-0.2, -0.15) is 0 Å². The highest BCUT2D eigenvalue weighted by Gasteiger charge is 2.38. The monoisotopic (exact) mass is 232 g/mol. The Morgan fingerprint density at radius 1 is 1.18 bits per heavy atom. The van der Waals surface area contributed by atoms with Crippen molar-refractivity contribution in [3.8, 4) is 5.75 Å². The lowest BCUT2D eigenvalue weighted by Gasteiger charge is -2.37. The van der Waals surface area contributed by atoms with E-state index in [1.165, 1.54) is 25.7 Å². The number of hydrogen-bond donors (Lipinski definition) is 2. The Hall–Kier alpha value is -1.22. The first-order chi connectivity index (χ1) is 8.24. The summed E-state index contributed by atoms with van der Waals surface area (Å²) in [6.07, 6.45) is 5.06. The van der Waals surface area contributed by atoms with Gasteiger partial charge in [0, 0.05) is 18.1 Å². The van der Waals surface area contributed by atoms with Gasteiger partial charge in [-0.1, -0.05) is 12.1 Å². The number of hydrogen-bond acceptors (Lipinski definition) is 3. The summed E-state index contributed by atoms with van der Waals surface area (Å²) in [7, 11) is 2.25. The molecule has 1 aromatic carbocycles. The summed E-state index contributed by atoms with van der Waals surface area (Å²) < 4.78 is 0. The Balaban J connectivity index is 1.70. The summed E-state index contributed by atoms with van der Waals surface area (Å²) >= 11 is 0. The van der Waals surface area contributed by atoms with Crippen molar-refractivity contribution in [1.29, 1.82) is 0 Å². The number of nitrogens with zero attached hydrogens (tertiary/aromatic N) is 1. The number of phenolic OH excluding ortho intramolecular Hbond substituents is 1. The average molecular weight is 232 g/mol. The number of rotatable bonds is 2. The van der Waals surface area contributed by atoms with Crippen molar-refractivity contribution in [3.05, 3.63) is 24.3 Å². The molecular formula is C14H20N2O. The Morgan fingerprint density at radius 3 is 2.47 bits per heavy atom. The number of aromatic hydroxyl groups is 1. The number of anilines is 1. The molecule has 2 fully saturated rings. The van der Waals surface area contributed by atoms with Gasteiger partial charge in [0.15, 0.2) is 0 Å². The second kappa shape index (κ2) is 4.22. The van der Waals surface area contributed by atoms with Crippen LogP contribution in [0.15, 0.2) is 24.3 Å². The van der Waals surface area contributed by atoms with Gasteiger partial charge in [0.2, 0.25) is 0 Å². The van der Waals surface area contributed by atoms with Crippen molar-refractivity contribution >= 4 is 5.69 Å². The van der Waals surface area contributed by atoms with Crippen molar-refractivity contribution < 1.29 is 5.11 Å². The van der Waals surface area contributed by atoms with Gasteiger partial charge in [-0.15, -0.1) is 0 Å².